The van der Waals surface area contributed by atoms with E-state index in [4.69, 9.17) is 0 Å². The third-order valence-corrected chi connectivity index (χ3v) is 5.80. The van der Waals surface area contributed by atoms with Crippen molar-refractivity contribution >= 4 is 40.0 Å². The Labute approximate surface area is 179 Å². The lowest BCUT2D eigenvalue weighted by molar-refractivity contribution is 0.520. The van der Waals surface area contributed by atoms with E-state index in [1.165, 1.54) is 29.5 Å². The summed E-state index contributed by atoms with van der Waals surface area (Å²) in [7, 11) is 1.37. The van der Waals surface area contributed by atoms with E-state index in [1.807, 2.05) is 0 Å². The number of benzene rings is 2. The Morgan fingerprint density at radius 2 is 1.37 bits per heavy atom. The van der Waals surface area contributed by atoms with E-state index in [1.54, 1.807) is 31.3 Å². The molecule has 0 aliphatic rings. The molecule has 148 valence electrons. The van der Waals surface area contributed by atoms with Crippen molar-refractivity contribution < 1.29 is 8.42 Å². The maximum atomic E-state index is 12.1. The molecule has 2 aromatic rings. The van der Waals surface area contributed by atoms with Crippen LogP contribution in [0.1, 0.15) is 16.7 Å². The summed E-state index contributed by atoms with van der Waals surface area (Å²) in [4.78, 5) is 4.49. The molecule has 2 N–H and O–H groups in total. The van der Waals surface area contributed by atoms with Crippen LogP contribution in [0.2, 0.25) is 0 Å². The summed E-state index contributed by atoms with van der Waals surface area (Å²) in [6.45, 7) is 3.29. The Balaban J connectivity index is 0.00000364. The molecule has 0 atom stereocenters. The van der Waals surface area contributed by atoms with Crippen LogP contribution >= 0.6 is 24.0 Å². The summed E-state index contributed by atoms with van der Waals surface area (Å²) in [6.07, 6.45) is 0. The average molecular weight is 502 g/mol. The van der Waals surface area contributed by atoms with Crippen molar-refractivity contribution in [2.45, 2.75) is 24.9 Å². The molecule has 0 heterocycles. The highest BCUT2D eigenvalue weighted by Crippen LogP contribution is 2.13. The van der Waals surface area contributed by atoms with E-state index in [2.05, 4.69) is 46.8 Å². The van der Waals surface area contributed by atoms with E-state index in [9.17, 15) is 8.42 Å². The summed E-state index contributed by atoms with van der Waals surface area (Å²) in [5.41, 5.74) is 3.38. The first-order valence-corrected chi connectivity index (χ1v) is 9.78. The molecule has 0 bridgehead atoms. The molecule has 0 saturated heterocycles. The van der Waals surface area contributed by atoms with Crippen LogP contribution in [0.25, 0.3) is 0 Å². The molecular weight excluding hydrogens is 475 g/mol. The molecule has 0 aromatic heterocycles. The Kier molecular flexibility index (Phi) is 9.20. The van der Waals surface area contributed by atoms with Gasteiger partial charge in [-0.05, 0) is 30.2 Å². The Morgan fingerprint density at radius 1 is 0.926 bits per heavy atom. The van der Waals surface area contributed by atoms with Crippen LogP contribution in [0.3, 0.4) is 0 Å². The maximum Gasteiger partial charge on any atom is 0.242 e. The summed E-state index contributed by atoms with van der Waals surface area (Å²) in [6, 6.07) is 15.2. The van der Waals surface area contributed by atoms with Gasteiger partial charge in [0.15, 0.2) is 5.96 Å². The summed E-state index contributed by atoms with van der Waals surface area (Å²) < 4.78 is 25.4. The third kappa shape index (κ3) is 6.78. The van der Waals surface area contributed by atoms with Gasteiger partial charge in [-0.1, -0.05) is 42.0 Å². The van der Waals surface area contributed by atoms with Crippen LogP contribution in [0.15, 0.2) is 58.4 Å². The molecule has 0 radical (unpaired) electrons. The van der Waals surface area contributed by atoms with Crippen LogP contribution in [-0.2, 0) is 23.1 Å². The number of sulfonamides is 1. The SMILES string of the molecule is CN=C(NCc1ccc(C)cc1)NCc1ccc(S(=O)(=O)N(C)C)cc1.I. The van der Waals surface area contributed by atoms with Crippen LogP contribution < -0.4 is 10.6 Å². The van der Waals surface area contributed by atoms with Crippen LogP contribution in [0.5, 0.6) is 0 Å². The van der Waals surface area contributed by atoms with Gasteiger partial charge in [0.1, 0.15) is 0 Å². The highest BCUT2D eigenvalue weighted by molar-refractivity contribution is 14.0. The van der Waals surface area contributed by atoms with E-state index in [0.717, 1.165) is 5.56 Å². The minimum absolute atomic E-state index is 0. The first-order chi connectivity index (χ1) is 12.3. The quantitative estimate of drug-likeness (QED) is 0.362. The number of guanidine groups is 1. The fraction of sp³-hybridized carbons (Fsp3) is 0.316. The largest absolute Gasteiger partial charge is 0.352 e. The average Bonchev–Trinajstić information content (AvgIpc) is 2.63. The van der Waals surface area contributed by atoms with Gasteiger partial charge in [0.05, 0.1) is 4.90 Å². The Hall–Kier alpha value is -1.65. The number of nitrogens with zero attached hydrogens (tertiary/aromatic N) is 2. The van der Waals surface area contributed by atoms with Gasteiger partial charge >= 0.3 is 0 Å². The van der Waals surface area contributed by atoms with E-state index in [-0.39, 0.29) is 28.9 Å². The smallest absolute Gasteiger partial charge is 0.242 e. The molecular formula is C19H27IN4O2S. The van der Waals surface area contributed by atoms with Gasteiger partial charge in [0.25, 0.3) is 0 Å². The van der Waals surface area contributed by atoms with Crippen LogP contribution in [-0.4, -0.2) is 39.8 Å². The van der Waals surface area contributed by atoms with E-state index < -0.39 is 10.0 Å². The third-order valence-electron chi connectivity index (χ3n) is 3.97. The van der Waals surface area contributed by atoms with Crippen molar-refractivity contribution in [3.05, 3.63) is 65.2 Å². The first kappa shape index (κ1) is 23.4. The molecule has 2 aromatic carbocycles. The molecule has 8 heteroatoms. The Morgan fingerprint density at radius 3 is 1.78 bits per heavy atom. The van der Waals surface area contributed by atoms with E-state index >= 15 is 0 Å². The van der Waals surface area contributed by atoms with Crippen molar-refractivity contribution in [3.8, 4) is 0 Å². The molecule has 0 unspecified atom stereocenters. The van der Waals surface area contributed by atoms with Crippen LogP contribution in [0, 0.1) is 6.92 Å². The van der Waals surface area contributed by atoms with Gasteiger partial charge in [-0.15, -0.1) is 24.0 Å². The molecule has 2 rings (SSSR count). The zero-order chi connectivity index (χ0) is 19.2. The first-order valence-electron chi connectivity index (χ1n) is 8.34. The fourth-order valence-electron chi connectivity index (χ4n) is 2.29. The number of halogens is 1. The fourth-order valence-corrected chi connectivity index (χ4v) is 3.19. The molecule has 0 spiro atoms. The molecule has 0 aliphatic heterocycles. The standard InChI is InChI=1S/C19H26N4O2S.HI/c1-15-5-7-16(8-6-15)13-21-19(20-2)22-14-17-9-11-18(12-10-17)26(24,25)23(3)4;/h5-12H,13-14H2,1-4H3,(H2,20,21,22);1H. The van der Waals surface area contributed by atoms with Crippen molar-refractivity contribution in [3.63, 3.8) is 0 Å². The minimum atomic E-state index is -3.40. The normalized spacial score (nSPS) is 11.8. The predicted molar refractivity (Wildman–Crippen MR) is 121 cm³/mol. The lowest BCUT2D eigenvalue weighted by Gasteiger charge is -2.13. The molecule has 0 fully saturated rings. The molecule has 27 heavy (non-hydrogen) atoms. The van der Waals surface area contributed by atoms with Gasteiger partial charge in [-0.2, -0.15) is 0 Å². The van der Waals surface area contributed by atoms with Crippen molar-refractivity contribution in [2.24, 2.45) is 4.99 Å². The highest BCUT2D eigenvalue weighted by atomic mass is 127. The van der Waals surface area contributed by atoms with Gasteiger partial charge < -0.3 is 10.6 Å². The molecule has 0 saturated carbocycles. The molecule has 0 aliphatic carbocycles. The second-order valence-electron chi connectivity index (χ2n) is 6.20. The van der Waals surface area contributed by atoms with Gasteiger partial charge in [0.2, 0.25) is 10.0 Å². The minimum Gasteiger partial charge on any atom is -0.352 e. The summed E-state index contributed by atoms with van der Waals surface area (Å²) in [5.74, 6) is 0.690. The molecule has 0 amide bonds. The molecule has 6 nitrogen and oxygen atoms in total. The number of hydrogen-bond donors (Lipinski definition) is 2. The maximum absolute atomic E-state index is 12.1. The number of nitrogens with one attached hydrogen (secondary N) is 2. The second kappa shape index (κ2) is 10.6. The lowest BCUT2D eigenvalue weighted by Crippen LogP contribution is -2.36. The van der Waals surface area contributed by atoms with Gasteiger partial charge in [-0.3, -0.25) is 4.99 Å². The Bertz CT molecular complexity index is 848. The predicted octanol–water partition coefficient (Wildman–Crippen LogP) is 2.73. The number of rotatable bonds is 6. The number of hydrogen-bond acceptors (Lipinski definition) is 3. The van der Waals surface area contributed by atoms with Gasteiger partial charge in [-0.25, -0.2) is 12.7 Å². The summed E-state index contributed by atoms with van der Waals surface area (Å²) in [5, 5.41) is 6.49. The van der Waals surface area contributed by atoms with Crippen LogP contribution in [0.4, 0.5) is 0 Å². The zero-order valence-electron chi connectivity index (χ0n) is 16.1. The number of aliphatic imine (C=N–C) groups is 1. The zero-order valence-corrected chi connectivity index (χ0v) is 19.2. The van der Waals surface area contributed by atoms with Crippen molar-refractivity contribution in [2.75, 3.05) is 21.1 Å². The second-order valence-corrected chi connectivity index (χ2v) is 8.35. The monoisotopic (exact) mass is 502 g/mol. The number of aryl methyl sites for hydroxylation is 1. The van der Waals surface area contributed by atoms with Crippen molar-refractivity contribution in [1.29, 1.82) is 0 Å². The summed E-state index contributed by atoms with van der Waals surface area (Å²) >= 11 is 0. The topological polar surface area (TPSA) is 73.8 Å². The van der Waals surface area contributed by atoms with Gasteiger partial charge in [0, 0.05) is 34.2 Å². The lowest BCUT2D eigenvalue weighted by atomic mass is 10.1. The van der Waals surface area contributed by atoms with Crippen molar-refractivity contribution in [1.82, 2.24) is 14.9 Å². The highest BCUT2D eigenvalue weighted by Gasteiger charge is 2.16. The van der Waals surface area contributed by atoms with E-state index in [0.29, 0.717) is 19.0 Å².